The van der Waals surface area contributed by atoms with E-state index in [9.17, 15) is 0 Å². The zero-order valence-electron chi connectivity index (χ0n) is 9.44. The fraction of sp³-hybridized carbons (Fsp3) is 0.600. The lowest BCUT2D eigenvalue weighted by atomic mass is 10.3. The fourth-order valence-electron chi connectivity index (χ4n) is 1.79. The van der Waals surface area contributed by atoms with Crippen molar-refractivity contribution in [2.24, 2.45) is 17.7 Å². The van der Waals surface area contributed by atoms with Gasteiger partial charge in [0.05, 0.1) is 4.47 Å². The van der Waals surface area contributed by atoms with Gasteiger partial charge in [0.2, 0.25) is 5.95 Å². The van der Waals surface area contributed by atoms with E-state index in [0.717, 1.165) is 28.7 Å². The van der Waals surface area contributed by atoms with Crippen molar-refractivity contribution in [3.05, 3.63) is 10.7 Å². The Balaban J connectivity index is 2.11. The molecule has 0 spiro atoms. The number of nitrogens with zero attached hydrogens (tertiary/aromatic N) is 3. The van der Waals surface area contributed by atoms with Gasteiger partial charge in [0.25, 0.3) is 0 Å². The minimum atomic E-state index is 0.439. The number of nitrogens with two attached hydrogens (primary N) is 1. The van der Waals surface area contributed by atoms with E-state index in [1.807, 2.05) is 7.05 Å². The maximum atomic E-state index is 5.30. The van der Waals surface area contributed by atoms with Gasteiger partial charge in [-0.25, -0.2) is 10.8 Å². The van der Waals surface area contributed by atoms with Gasteiger partial charge in [-0.3, -0.25) is 5.43 Å². The van der Waals surface area contributed by atoms with Crippen LogP contribution < -0.4 is 16.2 Å². The first kappa shape index (κ1) is 11.6. The molecule has 2 unspecified atom stereocenters. The topological polar surface area (TPSA) is 67.1 Å². The Kier molecular flexibility index (Phi) is 3.30. The molecule has 5 nitrogen and oxygen atoms in total. The lowest BCUT2D eigenvalue weighted by Gasteiger charge is -2.19. The van der Waals surface area contributed by atoms with Crippen LogP contribution in [0.15, 0.2) is 10.7 Å². The molecule has 0 radical (unpaired) electrons. The van der Waals surface area contributed by atoms with Gasteiger partial charge >= 0.3 is 0 Å². The van der Waals surface area contributed by atoms with Gasteiger partial charge < -0.3 is 4.90 Å². The lowest BCUT2D eigenvalue weighted by Crippen LogP contribution is -2.23. The minimum absolute atomic E-state index is 0.439. The molecule has 0 bridgehead atoms. The summed E-state index contributed by atoms with van der Waals surface area (Å²) in [6, 6.07) is 0. The third-order valence-corrected chi connectivity index (χ3v) is 3.56. The van der Waals surface area contributed by atoms with E-state index in [-0.39, 0.29) is 0 Å². The smallest absolute Gasteiger partial charge is 0.239 e. The van der Waals surface area contributed by atoms with Crippen molar-refractivity contribution in [1.82, 2.24) is 9.97 Å². The van der Waals surface area contributed by atoms with Crippen LogP contribution in [0.25, 0.3) is 0 Å². The minimum Gasteiger partial charge on any atom is -0.358 e. The third-order valence-electron chi connectivity index (χ3n) is 3.00. The van der Waals surface area contributed by atoms with Gasteiger partial charge in [-0.1, -0.05) is 6.92 Å². The number of hydrogen-bond acceptors (Lipinski definition) is 5. The highest BCUT2D eigenvalue weighted by atomic mass is 79.9. The molecule has 0 saturated heterocycles. The van der Waals surface area contributed by atoms with E-state index in [1.54, 1.807) is 6.20 Å². The second-order valence-corrected chi connectivity index (χ2v) is 5.22. The predicted octanol–water partition coefficient (Wildman–Crippen LogP) is 1.62. The summed E-state index contributed by atoms with van der Waals surface area (Å²) in [5.41, 5.74) is 2.46. The summed E-state index contributed by atoms with van der Waals surface area (Å²) in [5, 5.41) is 0. The Morgan fingerprint density at radius 1 is 1.69 bits per heavy atom. The van der Waals surface area contributed by atoms with Crippen LogP contribution in [-0.2, 0) is 0 Å². The summed E-state index contributed by atoms with van der Waals surface area (Å²) in [7, 11) is 2.04. The SMILES string of the molecule is CC1CC1CN(C)c1nc(NN)ncc1Br. The summed E-state index contributed by atoms with van der Waals surface area (Å²) in [6.07, 6.45) is 3.03. The molecule has 0 aliphatic heterocycles. The van der Waals surface area contributed by atoms with Gasteiger partial charge in [-0.05, 0) is 34.2 Å². The van der Waals surface area contributed by atoms with E-state index < -0.39 is 0 Å². The zero-order valence-corrected chi connectivity index (χ0v) is 11.0. The molecule has 6 heteroatoms. The first-order valence-electron chi connectivity index (χ1n) is 5.32. The molecule has 1 saturated carbocycles. The molecule has 3 N–H and O–H groups in total. The van der Waals surface area contributed by atoms with Crippen molar-refractivity contribution >= 4 is 27.7 Å². The van der Waals surface area contributed by atoms with Crippen molar-refractivity contribution in [2.75, 3.05) is 23.9 Å². The van der Waals surface area contributed by atoms with Crippen LogP contribution in [0, 0.1) is 11.8 Å². The van der Waals surface area contributed by atoms with Gasteiger partial charge in [-0.15, -0.1) is 0 Å². The molecule has 0 aromatic carbocycles. The average Bonchev–Trinajstić information content (AvgIpc) is 2.94. The second-order valence-electron chi connectivity index (χ2n) is 4.36. The first-order valence-corrected chi connectivity index (χ1v) is 6.11. The number of hydrogen-bond donors (Lipinski definition) is 2. The van der Waals surface area contributed by atoms with Gasteiger partial charge in [-0.2, -0.15) is 4.98 Å². The molecule has 2 atom stereocenters. The van der Waals surface area contributed by atoms with Gasteiger partial charge in [0, 0.05) is 19.8 Å². The summed E-state index contributed by atoms with van der Waals surface area (Å²) in [5.74, 6) is 8.25. The van der Waals surface area contributed by atoms with E-state index in [1.165, 1.54) is 6.42 Å². The molecule has 1 aliphatic rings. The molecule has 0 amide bonds. The number of halogens is 1. The van der Waals surface area contributed by atoms with Crippen molar-refractivity contribution in [1.29, 1.82) is 0 Å². The molecule has 1 aromatic heterocycles. The Morgan fingerprint density at radius 3 is 2.94 bits per heavy atom. The number of hydrazine groups is 1. The van der Waals surface area contributed by atoms with E-state index in [0.29, 0.717) is 5.95 Å². The summed E-state index contributed by atoms with van der Waals surface area (Å²) in [4.78, 5) is 10.5. The molecule has 1 aliphatic carbocycles. The molecule has 16 heavy (non-hydrogen) atoms. The van der Waals surface area contributed by atoms with Crippen LogP contribution in [0.5, 0.6) is 0 Å². The van der Waals surface area contributed by atoms with Crippen LogP contribution in [0.3, 0.4) is 0 Å². The van der Waals surface area contributed by atoms with Gasteiger partial charge in [0.1, 0.15) is 5.82 Å². The molecule has 1 fully saturated rings. The van der Waals surface area contributed by atoms with E-state index in [2.05, 4.69) is 43.1 Å². The average molecular weight is 286 g/mol. The van der Waals surface area contributed by atoms with Crippen molar-refractivity contribution in [3.63, 3.8) is 0 Å². The molecule has 1 aromatic rings. The van der Waals surface area contributed by atoms with Crippen molar-refractivity contribution in [3.8, 4) is 0 Å². The Bertz CT molecular complexity index is 383. The van der Waals surface area contributed by atoms with Crippen LogP contribution in [0.4, 0.5) is 11.8 Å². The van der Waals surface area contributed by atoms with Crippen molar-refractivity contribution < 1.29 is 0 Å². The fourth-order valence-corrected chi connectivity index (χ4v) is 2.28. The Labute approximate surface area is 104 Å². The van der Waals surface area contributed by atoms with E-state index in [4.69, 9.17) is 5.84 Å². The molecular weight excluding hydrogens is 270 g/mol. The number of anilines is 2. The largest absolute Gasteiger partial charge is 0.358 e. The van der Waals surface area contributed by atoms with Crippen LogP contribution in [0.2, 0.25) is 0 Å². The molecule has 2 rings (SSSR count). The Hall–Kier alpha value is -0.880. The molecule has 88 valence electrons. The van der Waals surface area contributed by atoms with Gasteiger partial charge in [0.15, 0.2) is 0 Å². The maximum Gasteiger partial charge on any atom is 0.239 e. The normalized spacial score (nSPS) is 23.0. The van der Waals surface area contributed by atoms with Crippen LogP contribution in [0.1, 0.15) is 13.3 Å². The number of rotatable bonds is 4. The highest BCUT2D eigenvalue weighted by Crippen LogP contribution is 2.39. The standard InChI is InChI=1S/C10H16BrN5/c1-6-3-7(6)5-16(2)9-8(11)4-13-10(14-9)15-12/h4,6-7H,3,5,12H2,1-2H3,(H,13,14,15). The third kappa shape index (κ3) is 2.44. The zero-order chi connectivity index (χ0) is 11.7. The molecular formula is C10H16BrN5. The highest BCUT2D eigenvalue weighted by Gasteiger charge is 2.33. The second kappa shape index (κ2) is 4.55. The number of aromatic nitrogens is 2. The van der Waals surface area contributed by atoms with Crippen LogP contribution >= 0.6 is 15.9 Å². The lowest BCUT2D eigenvalue weighted by molar-refractivity contribution is 0.717. The summed E-state index contributed by atoms with van der Waals surface area (Å²) < 4.78 is 0.891. The highest BCUT2D eigenvalue weighted by molar-refractivity contribution is 9.10. The predicted molar refractivity (Wildman–Crippen MR) is 68.1 cm³/mol. The first-order chi connectivity index (χ1) is 7.61. The summed E-state index contributed by atoms with van der Waals surface area (Å²) in [6.45, 7) is 3.31. The Morgan fingerprint density at radius 2 is 2.38 bits per heavy atom. The monoisotopic (exact) mass is 285 g/mol. The molecule has 1 heterocycles. The summed E-state index contributed by atoms with van der Waals surface area (Å²) >= 11 is 3.45. The number of nitrogen functional groups attached to an aromatic ring is 1. The quantitative estimate of drug-likeness (QED) is 0.650. The van der Waals surface area contributed by atoms with Crippen molar-refractivity contribution in [2.45, 2.75) is 13.3 Å². The number of nitrogens with one attached hydrogen (secondary N) is 1. The maximum absolute atomic E-state index is 5.30. The van der Waals surface area contributed by atoms with E-state index >= 15 is 0 Å². The van der Waals surface area contributed by atoms with Crippen LogP contribution in [-0.4, -0.2) is 23.6 Å².